The third-order valence-corrected chi connectivity index (χ3v) is 6.08. The molecule has 1 saturated heterocycles. The summed E-state index contributed by atoms with van der Waals surface area (Å²) in [5.41, 5.74) is 6.02. The van der Waals surface area contributed by atoms with Gasteiger partial charge in [0.25, 0.3) is 0 Å². The molecule has 1 aliphatic heterocycles. The first kappa shape index (κ1) is 20.6. The molecule has 1 aliphatic rings. The molecule has 164 valence electrons. The van der Waals surface area contributed by atoms with Gasteiger partial charge in [-0.25, -0.2) is 9.50 Å². The van der Waals surface area contributed by atoms with Crippen LogP contribution in [-0.2, 0) is 0 Å². The lowest BCUT2D eigenvalue weighted by Crippen LogP contribution is -2.45. The van der Waals surface area contributed by atoms with Crippen molar-refractivity contribution in [2.24, 2.45) is 0 Å². The predicted octanol–water partition coefficient (Wildman–Crippen LogP) is 3.39. The molecule has 0 radical (unpaired) electrons. The lowest BCUT2D eigenvalue weighted by molar-refractivity contribution is 0.134. The van der Waals surface area contributed by atoms with Crippen molar-refractivity contribution in [2.75, 3.05) is 46.4 Å². The van der Waals surface area contributed by atoms with Crippen molar-refractivity contribution in [1.82, 2.24) is 29.4 Å². The monoisotopic (exact) mass is 428 g/mol. The van der Waals surface area contributed by atoms with Crippen LogP contribution in [0.3, 0.4) is 0 Å². The van der Waals surface area contributed by atoms with Crippen molar-refractivity contribution in [1.29, 1.82) is 0 Å². The number of hydrogen-bond acceptors (Lipinski definition) is 6. The number of hydrogen-bond donors (Lipinski definition) is 0. The summed E-state index contributed by atoms with van der Waals surface area (Å²) in [5.74, 6) is 0.895. The van der Waals surface area contributed by atoms with Crippen LogP contribution in [0.2, 0.25) is 0 Å². The number of likely N-dealkylation sites (N-methyl/N-ethyl adjacent to an activating group) is 1. The van der Waals surface area contributed by atoms with Crippen molar-refractivity contribution >= 4 is 5.65 Å². The van der Waals surface area contributed by atoms with Gasteiger partial charge in [-0.2, -0.15) is 5.10 Å². The molecule has 5 rings (SSSR count). The molecule has 4 aromatic rings. The first-order chi connectivity index (χ1) is 15.7. The van der Waals surface area contributed by atoms with Crippen molar-refractivity contribution in [3.8, 4) is 28.0 Å². The average molecular weight is 429 g/mol. The Morgan fingerprint density at radius 3 is 2.41 bits per heavy atom. The summed E-state index contributed by atoms with van der Waals surface area (Å²) in [6.07, 6.45) is 7.52. The number of ether oxygens (including phenoxy) is 1. The Morgan fingerprint density at radius 1 is 0.906 bits per heavy atom. The van der Waals surface area contributed by atoms with Crippen LogP contribution in [0.1, 0.15) is 5.69 Å². The van der Waals surface area contributed by atoms with Crippen molar-refractivity contribution in [3.63, 3.8) is 0 Å². The van der Waals surface area contributed by atoms with Crippen LogP contribution in [0, 0.1) is 6.92 Å². The highest BCUT2D eigenvalue weighted by Gasteiger charge is 2.14. The first-order valence-electron chi connectivity index (χ1n) is 11.1. The number of nitrogens with zero attached hydrogens (tertiary/aromatic N) is 6. The van der Waals surface area contributed by atoms with Gasteiger partial charge in [0, 0.05) is 68.6 Å². The highest BCUT2D eigenvalue weighted by molar-refractivity contribution is 5.80. The molecule has 1 fully saturated rings. The molecular weight excluding hydrogens is 400 g/mol. The number of fused-ring (bicyclic) bond motifs is 1. The highest BCUT2D eigenvalue weighted by atomic mass is 16.5. The van der Waals surface area contributed by atoms with Gasteiger partial charge in [-0.05, 0) is 49.4 Å². The van der Waals surface area contributed by atoms with E-state index < -0.39 is 0 Å². The minimum absolute atomic E-state index is 0.709. The molecule has 0 unspecified atom stereocenters. The largest absolute Gasteiger partial charge is 0.492 e. The molecule has 32 heavy (non-hydrogen) atoms. The molecule has 0 saturated carbocycles. The molecule has 7 nitrogen and oxygen atoms in total. The van der Waals surface area contributed by atoms with E-state index in [0.29, 0.717) is 6.61 Å². The van der Waals surface area contributed by atoms with Gasteiger partial charge in [0.1, 0.15) is 12.4 Å². The Bertz CT molecular complexity index is 1180. The molecule has 7 heteroatoms. The summed E-state index contributed by atoms with van der Waals surface area (Å²) in [7, 11) is 2.18. The van der Waals surface area contributed by atoms with E-state index >= 15 is 0 Å². The van der Waals surface area contributed by atoms with Gasteiger partial charge >= 0.3 is 0 Å². The van der Waals surface area contributed by atoms with E-state index in [1.54, 1.807) is 12.4 Å². The molecular formula is C25H28N6O. The van der Waals surface area contributed by atoms with Crippen molar-refractivity contribution in [2.45, 2.75) is 6.92 Å². The van der Waals surface area contributed by atoms with E-state index in [0.717, 1.165) is 72.1 Å². The van der Waals surface area contributed by atoms with E-state index in [2.05, 4.69) is 39.1 Å². The lowest BCUT2D eigenvalue weighted by atomic mass is 10.1. The second-order valence-corrected chi connectivity index (χ2v) is 8.32. The van der Waals surface area contributed by atoms with Crippen LogP contribution in [-0.4, -0.2) is 75.8 Å². The third kappa shape index (κ3) is 4.35. The van der Waals surface area contributed by atoms with E-state index in [-0.39, 0.29) is 0 Å². The molecule has 0 spiro atoms. The summed E-state index contributed by atoms with van der Waals surface area (Å²) >= 11 is 0. The quantitative estimate of drug-likeness (QED) is 0.469. The summed E-state index contributed by atoms with van der Waals surface area (Å²) in [6.45, 7) is 8.18. The van der Waals surface area contributed by atoms with Crippen LogP contribution in [0.4, 0.5) is 0 Å². The Kier molecular flexibility index (Phi) is 5.83. The van der Waals surface area contributed by atoms with E-state index in [1.165, 1.54) is 0 Å². The Labute approximate surface area is 188 Å². The number of rotatable bonds is 6. The third-order valence-electron chi connectivity index (χ3n) is 6.08. The molecule has 3 aromatic heterocycles. The predicted molar refractivity (Wildman–Crippen MR) is 126 cm³/mol. The smallest absolute Gasteiger partial charge is 0.163 e. The number of aryl methyl sites for hydroxylation is 1. The van der Waals surface area contributed by atoms with Crippen LogP contribution >= 0.6 is 0 Å². The summed E-state index contributed by atoms with van der Waals surface area (Å²) in [4.78, 5) is 13.7. The fourth-order valence-corrected chi connectivity index (χ4v) is 4.16. The Balaban J connectivity index is 1.27. The number of pyridine rings is 1. The minimum atomic E-state index is 0.709. The average Bonchev–Trinajstić information content (AvgIpc) is 3.16. The van der Waals surface area contributed by atoms with Crippen LogP contribution < -0.4 is 4.74 Å². The van der Waals surface area contributed by atoms with Crippen molar-refractivity contribution < 1.29 is 4.74 Å². The Hall–Kier alpha value is -3.29. The maximum Gasteiger partial charge on any atom is 0.163 e. The van der Waals surface area contributed by atoms with E-state index in [4.69, 9.17) is 9.72 Å². The molecule has 0 amide bonds. The number of aromatic nitrogens is 4. The summed E-state index contributed by atoms with van der Waals surface area (Å²) < 4.78 is 7.83. The standard InChI is InChI=1S/C25H28N6O/c1-19-24(21-7-9-26-10-8-21)25-27-17-22(18-31(25)28-19)20-3-5-23(6-4-20)32-16-15-30-13-11-29(2)12-14-30/h3-10,17-18H,11-16H2,1-2H3. The fourth-order valence-electron chi connectivity index (χ4n) is 4.16. The van der Waals surface area contributed by atoms with Gasteiger partial charge < -0.3 is 9.64 Å². The second kappa shape index (κ2) is 9.06. The van der Waals surface area contributed by atoms with E-state index in [1.807, 2.05) is 48.1 Å². The molecule has 0 bridgehead atoms. The summed E-state index contributed by atoms with van der Waals surface area (Å²) in [6, 6.07) is 12.2. The normalized spacial score (nSPS) is 15.3. The molecule has 4 heterocycles. The fraction of sp³-hybridized carbons (Fsp3) is 0.320. The lowest BCUT2D eigenvalue weighted by Gasteiger charge is -2.32. The van der Waals surface area contributed by atoms with Crippen LogP contribution in [0.15, 0.2) is 61.2 Å². The number of benzene rings is 1. The second-order valence-electron chi connectivity index (χ2n) is 8.32. The van der Waals surface area contributed by atoms with Gasteiger partial charge in [0.2, 0.25) is 0 Å². The van der Waals surface area contributed by atoms with Gasteiger partial charge in [0.05, 0.1) is 5.69 Å². The topological polar surface area (TPSA) is 58.8 Å². The van der Waals surface area contributed by atoms with Gasteiger partial charge in [-0.3, -0.25) is 9.88 Å². The molecule has 0 atom stereocenters. The SMILES string of the molecule is Cc1nn2cc(-c3ccc(OCCN4CCN(C)CC4)cc3)cnc2c1-c1ccncc1. The zero-order valence-electron chi connectivity index (χ0n) is 18.6. The molecule has 0 N–H and O–H groups in total. The summed E-state index contributed by atoms with van der Waals surface area (Å²) in [5, 5.41) is 4.68. The van der Waals surface area contributed by atoms with Gasteiger partial charge in [0.15, 0.2) is 5.65 Å². The van der Waals surface area contributed by atoms with E-state index in [9.17, 15) is 0 Å². The maximum absolute atomic E-state index is 5.97. The number of piperazine rings is 1. The first-order valence-corrected chi connectivity index (χ1v) is 11.1. The van der Waals surface area contributed by atoms with Crippen molar-refractivity contribution in [3.05, 3.63) is 66.9 Å². The maximum atomic E-state index is 5.97. The van der Waals surface area contributed by atoms with Crippen LogP contribution in [0.5, 0.6) is 5.75 Å². The minimum Gasteiger partial charge on any atom is -0.492 e. The zero-order valence-corrected chi connectivity index (χ0v) is 18.6. The molecule has 0 aliphatic carbocycles. The van der Waals surface area contributed by atoms with Gasteiger partial charge in [-0.15, -0.1) is 0 Å². The Morgan fingerprint density at radius 2 is 1.66 bits per heavy atom. The zero-order chi connectivity index (χ0) is 21.9. The molecule has 1 aromatic carbocycles. The highest BCUT2D eigenvalue weighted by Crippen LogP contribution is 2.28. The van der Waals surface area contributed by atoms with Gasteiger partial charge in [-0.1, -0.05) is 12.1 Å². The van der Waals surface area contributed by atoms with Crippen LogP contribution in [0.25, 0.3) is 27.9 Å².